The molecule has 0 radical (unpaired) electrons. The van der Waals surface area contributed by atoms with Gasteiger partial charge in [-0.2, -0.15) is 4.98 Å². The van der Waals surface area contributed by atoms with Crippen molar-refractivity contribution in [1.29, 1.82) is 0 Å². The van der Waals surface area contributed by atoms with E-state index in [4.69, 9.17) is 14.5 Å². The highest BCUT2D eigenvalue weighted by Crippen LogP contribution is 2.38. The normalized spacial score (nSPS) is 15.2. The van der Waals surface area contributed by atoms with E-state index in [1.807, 2.05) is 6.92 Å². The molecular weight excluding hydrogens is 422 g/mol. The summed E-state index contributed by atoms with van der Waals surface area (Å²) in [6.07, 6.45) is 0. The summed E-state index contributed by atoms with van der Waals surface area (Å²) in [7, 11) is 4.10. The van der Waals surface area contributed by atoms with E-state index in [0.717, 1.165) is 54.6 Å². The number of aryl methyl sites for hydroxylation is 1. The Kier molecular flexibility index (Phi) is 5.86. The third kappa shape index (κ3) is 4.36. The van der Waals surface area contributed by atoms with Crippen molar-refractivity contribution in [1.82, 2.24) is 29.9 Å². The summed E-state index contributed by atoms with van der Waals surface area (Å²) in [6, 6.07) is 10.5. The average molecular weight is 450 g/mol. The Morgan fingerprint density at radius 3 is 2.50 bits per heavy atom. The zero-order valence-corrected chi connectivity index (χ0v) is 19.5. The van der Waals surface area contributed by atoms with Gasteiger partial charge in [-0.25, -0.2) is 9.97 Å². The highest BCUT2D eigenvalue weighted by atomic mass is 32.1. The van der Waals surface area contributed by atoms with Gasteiger partial charge in [-0.3, -0.25) is 4.90 Å². The van der Waals surface area contributed by atoms with Crippen molar-refractivity contribution >= 4 is 27.4 Å². The first-order valence-electron chi connectivity index (χ1n) is 10.8. The third-order valence-corrected chi connectivity index (χ3v) is 6.48. The molecule has 9 heteroatoms. The van der Waals surface area contributed by atoms with Crippen LogP contribution < -0.4 is 4.90 Å². The molecule has 5 rings (SSSR count). The van der Waals surface area contributed by atoms with Gasteiger partial charge in [0, 0.05) is 37.1 Å². The maximum atomic E-state index is 5.30. The number of hydrogen-bond donors (Lipinski definition) is 0. The summed E-state index contributed by atoms with van der Waals surface area (Å²) >= 11 is 1.70. The van der Waals surface area contributed by atoms with Gasteiger partial charge < -0.3 is 14.3 Å². The smallest absolute Gasteiger partial charge is 0.240 e. The minimum absolute atomic E-state index is 0.679. The summed E-state index contributed by atoms with van der Waals surface area (Å²) in [5, 5.41) is 7.27. The van der Waals surface area contributed by atoms with E-state index in [1.165, 1.54) is 11.1 Å². The van der Waals surface area contributed by atoms with Crippen molar-refractivity contribution < 1.29 is 4.52 Å². The molecule has 1 fully saturated rings. The van der Waals surface area contributed by atoms with Gasteiger partial charge in [0.05, 0.1) is 18.5 Å². The van der Waals surface area contributed by atoms with Gasteiger partial charge in [0.2, 0.25) is 5.89 Å². The lowest BCUT2D eigenvalue weighted by Gasteiger charge is -2.35. The zero-order valence-electron chi connectivity index (χ0n) is 18.7. The molecule has 3 aromatic heterocycles. The van der Waals surface area contributed by atoms with Crippen LogP contribution in [-0.4, -0.2) is 70.2 Å². The van der Waals surface area contributed by atoms with Crippen molar-refractivity contribution in [3.63, 3.8) is 0 Å². The molecule has 8 nitrogen and oxygen atoms in total. The molecule has 1 aliphatic rings. The first-order valence-corrected chi connectivity index (χ1v) is 11.7. The lowest BCUT2D eigenvalue weighted by atomic mass is 10.1. The van der Waals surface area contributed by atoms with E-state index < -0.39 is 0 Å². The maximum absolute atomic E-state index is 5.30. The summed E-state index contributed by atoms with van der Waals surface area (Å²) in [4.78, 5) is 22.2. The molecular formula is C23H27N7OS. The second-order valence-corrected chi connectivity index (χ2v) is 9.25. The first kappa shape index (κ1) is 21.0. The Bertz CT molecular complexity index is 1200. The van der Waals surface area contributed by atoms with Gasteiger partial charge in [-0.1, -0.05) is 35.5 Å². The fourth-order valence-electron chi connectivity index (χ4n) is 4.09. The van der Waals surface area contributed by atoms with E-state index in [9.17, 15) is 0 Å². The topological polar surface area (TPSA) is 74.4 Å². The number of hydrogen-bond acceptors (Lipinski definition) is 9. The molecule has 0 bridgehead atoms. The van der Waals surface area contributed by atoms with Crippen LogP contribution in [-0.2, 0) is 13.1 Å². The Hall–Kier alpha value is -2.88. The summed E-state index contributed by atoms with van der Waals surface area (Å²) in [6.45, 7) is 6.88. The Balaban J connectivity index is 1.45. The number of fused-ring (bicyclic) bond motifs is 1. The van der Waals surface area contributed by atoms with Crippen LogP contribution in [0.4, 0.5) is 5.82 Å². The molecule has 0 amide bonds. The largest absolute Gasteiger partial charge is 0.353 e. The molecule has 0 unspecified atom stereocenters. The first-order chi connectivity index (χ1) is 15.6. The van der Waals surface area contributed by atoms with Crippen LogP contribution in [0.3, 0.4) is 0 Å². The van der Waals surface area contributed by atoms with Crippen molar-refractivity contribution in [3.8, 4) is 11.1 Å². The number of piperazine rings is 1. The molecule has 1 aliphatic heterocycles. The van der Waals surface area contributed by atoms with Crippen LogP contribution in [0, 0.1) is 6.92 Å². The minimum atomic E-state index is 0.679. The number of rotatable bonds is 6. The van der Waals surface area contributed by atoms with Crippen LogP contribution in [0.5, 0.6) is 0 Å². The number of anilines is 1. The molecule has 4 aromatic rings. The number of aromatic nitrogens is 4. The fraction of sp³-hybridized carbons (Fsp3) is 0.391. The van der Waals surface area contributed by atoms with E-state index in [1.54, 1.807) is 11.3 Å². The molecule has 0 spiro atoms. The lowest BCUT2D eigenvalue weighted by molar-refractivity contribution is 0.215. The Morgan fingerprint density at radius 2 is 1.81 bits per heavy atom. The van der Waals surface area contributed by atoms with Crippen LogP contribution in [0.15, 0.2) is 40.2 Å². The summed E-state index contributed by atoms with van der Waals surface area (Å²) < 4.78 is 5.30. The van der Waals surface area contributed by atoms with E-state index in [-0.39, 0.29) is 0 Å². The SMILES string of the molecule is Cc1noc(CN2CCN(c3nc(CN(C)C)nc4scc(-c5ccccc5)c34)CC2)n1. The molecule has 1 saturated heterocycles. The monoisotopic (exact) mass is 449 g/mol. The molecule has 0 aliphatic carbocycles. The average Bonchev–Trinajstić information content (AvgIpc) is 3.40. The van der Waals surface area contributed by atoms with Gasteiger partial charge in [0.25, 0.3) is 0 Å². The van der Waals surface area contributed by atoms with Crippen LogP contribution in [0.25, 0.3) is 21.3 Å². The molecule has 0 saturated carbocycles. The third-order valence-electron chi connectivity index (χ3n) is 5.60. The van der Waals surface area contributed by atoms with Crippen molar-refractivity contribution in [2.75, 3.05) is 45.2 Å². The summed E-state index contributed by atoms with van der Waals surface area (Å²) in [5.74, 6) is 3.27. The number of benzene rings is 1. The predicted octanol–water partition coefficient (Wildman–Crippen LogP) is 3.43. The quantitative estimate of drug-likeness (QED) is 0.443. The lowest BCUT2D eigenvalue weighted by Crippen LogP contribution is -2.46. The molecule has 1 aromatic carbocycles. The highest BCUT2D eigenvalue weighted by Gasteiger charge is 2.24. The van der Waals surface area contributed by atoms with Gasteiger partial charge in [-0.05, 0) is 26.6 Å². The van der Waals surface area contributed by atoms with E-state index in [0.29, 0.717) is 18.3 Å². The van der Waals surface area contributed by atoms with Gasteiger partial charge in [-0.15, -0.1) is 11.3 Å². The second-order valence-electron chi connectivity index (χ2n) is 8.40. The standard InChI is InChI=1S/C23H27N7OS/c1-16-24-20(31-27-16)14-29-9-11-30(12-10-29)22-21-18(17-7-5-4-6-8-17)15-32-23(21)26-19(25-22)13-28(2)3/h4-8,15H,9-14H2,1-3H3. The van der Waals surface area contributed by atoms with E-state index >= 15 is 0 Å². The van der Waals surface area contributed by atoms with Crippen LogP contribution in [0.1, 0.15) is 17.5 Å². The second kappa shape index (κ2) is 8.93. The summed E-state index contributed by atoms with van der Waals surface area (Å²) in [5.41, 5.74) is 2.41. The predicted molar refractivity (Wildman–Crippen MR) is 127 cm³/mol. The number of nitrogens with zero attached hydrogens (tertiary/aromatic N) is 7. The highest BCUT2D eigenvalue weighted by molar-refractivity contribution is 7.17. The fourth-order valence-corrected chi connectivity index (χ4v) is 5.05. The molecule has 0 atom stereocenters. The molecule has 4 heterocycles. The Morgan fingerprint density at radius 1 is 1.03 bits per heavy atom. The minimum Gasteiger partial charge on any atom is -0.353 e. The van der Waals surface area contributed by atoms with Crippen molar-refractivity contribution in [2.45, 2.75) is 20.0 Å². The number of thiophene rings is 1. The molecule has 0 N–H and O–H groups in total. The van der Waals surface area contributed by atoms with Crippen LogP contribution in [0.2, 0.25) is 0 Å². The van der Waals surface area contributed by atoms with E-state index in [2.05, 4.69) is 74.6 Å². The molecule has 32 heavy (non-hydrogen) atoms. The van der Waals surface area contributed by atoms with Gasteiger partial charge >= 0.3 is 0 Å². The van der Waals surface area contributed by atoms with Gasteiger partial charge in [0.1, 0.15) is 16.5 Å². The van der Waals surface area contributed by atoms with Crippen LogP contribution >= 0.6 is 11.3 Å². The maximum Gasteiger partial charge on any atom is 0.240 e. The van der Waals surface area contributed by atoms with Crippen molar-refractivity contribution in [2.24, 2.45) is 0 Å². The van der Waals surface area contributed by atoms with Crippen molar-refractivity contribution in [3.05, 3.63) is 53.3 Å². The van der Waals surface area contributed by atoms with Gasteiger partial charge in [0.15, 0.2) is 5.82 Å². The zero-order chi connectivity index (χ0) is 22.1. The Labute approximate surface area is 191 Å². The molecule has 166 valence electrons.